The molecule has 0 unspecified atom stereocenters. The van der Waals surface area contributed by atoms with Gasteiger partial charge < -0.3 is 4.74 Å². The minimum absolute atomic E-state index is 0.127. The lowest BCUT2D eigenvalue weighted by Gasteiger charge is -2.26. The predicted molar refractivity (Wildman–Crippen MR) is 62.2 cm³/mol. The lowest BCUT2D eigenvalue weighted by Crippen LogP contribution is -2.18. The summed E-state index contributed by atoms with van der Waals surface area (Å²) in [5, 5.41) is 0. The number of carbonyl (C=O) groups excluding carboxylic acids is 1. The summed E-state index contributed by atoms with van der Waals surface area (Å²) in [7, 11) is 0. The maximum absolute atomic E-state index is 11.6. The van der Waals surface area contributed by atoms with Gasteiger partial charge in [-0.25, -0.2) is 0 Å². The molecule has 3 atom stereocenters. The first-order valence-electron chi connectivity index (χ1n) is 6.36. The Hall–Kier alpha value is -0.630. The fourth-order valence-corrected chi connectivity index (χ4v) is 3.68. The van der Waals surface area contributed by atoms with Crippen LogP contribution in [0.2, 0.25) is 0 Å². The molecule has 2 nitrogen and oxygen atoms in total. The molecular weight excluding hydrogens is 200 g/mol. The van der Waals surface area contributed by atoms with E-state index in [0.29, 0.717) is 11.9 Å². The summed E-state index contributed by atoms with van der Waals surface area (Å²) < 4.78 is 5.81. The summed E-state index contributed by atoms with van der Waals surface area (Å²) >= 11 is 0. The quantitative estimate of drug-likeness (QED) is 0.636. The van der Waals surface area contributed by atoms with Crippen molar-refractivity contribution < 1.29 is 9.53 Å². The van der Waals surface area contributed by atoms with Crippen LogP contribution in [0.4, 0.5) is 0 Å². The average molecular weight is 220 g/mol. The summed E-state index contributed by atoms with van der Waals surface area (Å²) in [6.07, 6.45) is 5.87. The Kier molecular flexibility index (Phi) is 1.96. The van der Waals surface area contributed by atoms with Gasteiger partial charge in [0, 0.05) is 0 Å². The third-order valence-electron chi connectivity index (χ3n) is 4.99. The Balaban J connectivity index is 1.98. The van der Waals surface area contributed by atoms with Gasteiger partial charge in [-0.3, -0.25) is 4.79 Å². The molecule has 1 heterocycles. The van der Waals surface area contributed by atoms with Gasteiger partial charge in [-0.05, 0) is 56.9 Å². The van der Waals surface area contributed by atoms with Gasteiger partial charge in [0.1, 0.15) is 0 Å². The number of rotatable bonds is 1. The first-order valence-corrected chi connectivity index (χ1v) is 6.36. The molecule has 2 aliphatic carbocycles. The molecule has 0 aromatic heterocycles. The molecule has 2 fully saturated rings. The van der Waals surface area contributed by atoms with Gasteiger partial charge in [-0.15, -0.1) is 0 Å². The maximum Gasteiger partial charge on any atom is 0.155 e. The number of hydrogen-bond donors (Lipinski definition) is 0. The van der Waals surface area contributed by atoms with E-state index < -0.39 is 0 Å². The van der Waals surface area contributed by atoms with Gasteiger partial charge in [0.15, 0.2) is 5.78 Å². The van der Waals surface area contributed by atoms with Gasteiger partial charge in [-0.1, -0.05) is 12.5 Å². The fraction of sp³-hybridized carbons (Fsp3) is 0.786. The second-order valence-corrected chi connectivity index (χ2v) is 6.20. The molecule has 1 aliphatic heterocycles. The third-order valence-corrected chi connectivity index (χ3v) is 4.99. The Labute approximate surface area is 97.1 Å². The third kappa shape index (κ3) is 1.32. The van der Waals surface area contributed by atoms with E-state index in [1.807, 2.05) is 0 Å². The molecule has 1 saturated heterocycles. The highest BCUT2D eigenvalue weighted by Crippen LogP contribution is 2.58. The molecule has 3 rings (SSSR count). The van der Waals surface area contributed by atoms with Crippen LogP contribution in [0.25, 0.3) is 0 Å². The van der Waals surface area contributed by atoms with Crippen molar-refractivity contribution in [1.82, 2.24) is 0 Å². The van der Waals surface area contributed by atoms with Crippen LogP contribution in [0, 0.1) is 5.41 Å². The highest BCUT2D eigenvalue weighted by Gasteiger charge is 2.58. The number of allylic oxidation sites excluding steroid dienone is 2. The van der Waals surface area contributed by atoms with E-state index in [0.717, 1.165) is 37.7 Å². The summed E-state index contributed by atoms with van der Waals surface area (Å²) in [6, 6.07) is 0. The standard InChI is InChI=1S/C14H20O2/c1-9(15)10-4-6-13(2)8-12-14(3,16-12)7-5-11(10)13/h12H,4-8H2,1-3H3/t12-,13-,14+/m1/s1. The lowest BCUT2D eigenvalue weighted by molar-refractivity contribution is -0.113. The Morgan fingerprint density at radius 2 is 2.06 bits per heavy atom. The average Bonchev–Trinajstić information content (AvgIpc) is 2.68. The van der Waals surface area contributed by atoms with Crippen molar-refractivity contribution in [3.8, 4) is 0 Å². The molecule has 1 saturated carbocycles. The van der Waals surface area contributed by atoms with Crippen molar-refractivity contribution in [2.45, 2.75) is 64.6 Å². The van der Waals surface area contributed by atoms with Crippen molar-refractivity contribution in [2.75, 3.05) is 0 Å². The number of hydrogen-bond acceptors (Lipinski definition) is 2. The molecule has 16 heavy (non-hydrogen) atoms. The highest BCUT2D eigenvalue weighted by molar-refractivity contribution is 5.94. The number of carbonyl (C=O) groups is 1. The smallest absolute Gasteiger partial charge is 0.155 e. The van der Waals surface area contributed by atoms with Gasteiger partial charge in [-0.2, -0.15) is 0 Å². The van der Waals surface area contributed by atoms with E-state index in [9.17, 15) is 4.79 Å². The summed E-state index contributed by atoms with van der Waals surface area (Å²) in [6.45, 7) is 6.26. The van der Waals surface area contributed by atoms with E-state index in [-0.39, 0.29) is 11.0 Å². The normalized spacial score (nSPS) is 46.1. The summed E-state index contributed by atoms with van der Waals surface area (Å²) in [5.41, 5.74) is 2.96. The van der Waals surface area contributed by atoms with Crippen LogP contribution < -0.4 is 0 Å². The minimum Gasteiger partial charge on any atom is -0.366 e. The van der Waals surface area contributed by atoms with Crippen molar-refractivity contribution in [3.63, 3.8) is 0 Å². The van der Waals surface area contributed by atoms with Gasteiger partial charge in [0.25, 0.3) is 0 Å². The molecular formula is C14H20O2. The molecule has 88 valence electrons. The fourth-order valence-electron chi connectivity index (χ4n) is 3.68. The number of fused-ring (bicyclic) bond motifs is 2. The van der Waals surface area contributed by atoms with Crippen LogP contribution in [0.1, 0.15) is 52.9 Å². The van der Waals surface area contributed by atoms with Gasteiger partial charge in [0.05, 0.1) is 11.7 Å². The monoisotopic (exact) mass is 220 g/mol. The van der Waals surface area contributed by atoms with E-state index in [2.05, 4.69) is 13.8 Å². The zero-order valence-corrected chi connectivity index (χ0v) is 10.4. The maximum atomic E-state index is 11.6. The topological polar surface area (TPSA) is 29.6 Å². The van der Waals surface area contributed by atoms with Crippen LogP contribution in [0.3, 0.4) is 0 Å². The highest BCUT2D eigenvalue weighted by atomic mass is 16.6. The van der Waals surface area contributed by atoms with Crippen molar-refractivity contribution in [3.05, 3.63) is 11.1 Å². The second-order valence-electron chi connectivity index (χ2n) is 6.20. The van der Waals surface area contributed by atoms with Crippen LogP contribution in [-0.4, -0.2) is 17.5 Å². The minimum atomic E-state index is 0.127. The molecule has 0 aromatic rings. The van der Waals surface area contributed by atoms with E-state index in [1.54, 1.807) is 6.92 Å². The largest absolute Gasteiger partial charge is 0.366 e. The van der Waals surface area contributed by atoms with Crippen molar-refractivity contribution in [2.24, 2.45) is 5.41 Å². The Morgan fingerprint density at radius 1 is 1.31 bits per heavy atom. The zero-order chi connectivity index (χ0) is 11.6. The van der Waals surface area contributed by atoms with E-state index >= 15 is 0 Å². The summed E-state index contributed by atoms with van der Waals surface area (Å²) in [4.78, 5) is 11.6. The van der Waals surface area contributed by atoms with Crippen molar-refractivity contribution in [1.29, 1.82) is 0 Å². The van der Waals surface area contributed by atoms with Gasteiger partial charge >= 0.3 is 0 Å². The van der Waals surface area contributed by atoms with E-state index in [4.69, 9.17) is 4.74 Å². The Bertz CT molecular complexity index is 396. The number of ether oxygens (including phenoxy) is 1. The SMILES string of the molecule is CC(=O)C1=C2CC[C@]3(C)O[C@@H]3C[C@@]2(C)CC1. The number of ketones is 1. The van der Waals surface area contributed by atoms with Crippen LogP contribution in [0.5, 0.6) is 0 Å². The number of epoxide rings is 1. The Morgan fingerprint density at radius 3 is 2.75 bits per heavy atom. The zero-order valence-electron chi connectivity index (χ0n) is 10.4. The molecule has 0 bridgehead atoms. The molecule has 3 aliphatic rings. The summed E-state index contributed by atoms with van der Waals surface area (Å²) in [5.74, 6) is 0.292. The van der Waals surface area contributed by atoms with Gasteiger partial charge in [0.2, 0.25) is 0 Å². The molecule has 0 N–H and O–H groups in total. The van der Waals surface area contributed by atoms with Crippen molar-refractivity contribution >= 4 is 5.78 Å². The van der Waals surface area contributed by atoms with Crippen LogP contribution in [0.15, 0.2) is 11.1 Å². The molecule has 2 heteroatoms. The molecule has 0 radical (unpaired) electrons. The first-order chi connectivity index (χ1) is 7.45. The second kappa shape index (κ2) is 2.98. The lowest BCUT2D eigenvalue weighted by atomic mass is 9.78. The predicted octanol–water partition coefficient (Wildman–Crippen LogP) is 3.01. The van der Waals surface area contributed by atoms with E-state index in [1.165, 1.54) is 5.57 Å². The molecule has 0 spiro atoms. The molecule has 0 amide bonds. The van der Waals surface area contributed by atoms with Crippen LogP contribution >= 0.6 is 0 Å². The molecule has 0 aromatic carbocycles. The number of Topliss-reactive ketones (excluding diaryl/α,β-unsaturated/α-hetero) is 1. The first kappa shape index (κ1) is 10.5. The van der Waals surface area contributed by atoms with Crippen LogP contribution in [-0.2, 0) is 9.53 Å².